The fourth-order valence-electron chi connectivity index (χ4n) is 1.47. The van der Waals surface area contributed by atoms with Crippen LogP contribution in [0.2, 0.25) is 0 Å². The molecular weight excluding hydrogens is 200 g/mol. The first-order valence-corrected chi connectivity index (χ1v) is 5.18. The zero-order chi connectivity index (χ0) is 11.4. The lowest BCUT2D eigenvalue weighted by Gasteiger charge is -2.02. The lowest BCUT2D eigenvalue weighted by atomic mass is 10.1. The first-order valence-electron chi connectivity index (χ1n) is 5.18. The van der Waals surface area contributed by atoms with Gasteiger partial charge in [-0.25, -0.2) is 4.68 Å². The maximum absolute atomic E-state index is 8.92. The highest BCUT2D eigenvalue weighted by Gasteiger charge is 1.95. The van der Waals surface area contributed by atoms with Crippen molar-refractivity contribution in [1.82, 2.24) is 9.78 Å². The van der Waals surface area contributed by atoms with E-state index in [0.717, 1.165) is 16.8 Å². The molecule has 1 aromatic heterocycles. The molecule has 1 heterocycles. The van der Waals surface area contributed by atoms with Crippen molar-refractivity contribution in [3.63, 3.8) is 0 Å². The minimum absolute atomic E-state index is 0.0981. The van der Waals surface area contributed by atoms with Crippen LogP contribution in [0.5, 0.6) is 0 Å². The van der Waals surface area contributed by atoms with E-state index in [1.807, 2.05) is 54.2 Å². The normalized spacial score (nSPS) is 11.8. The topological polar surface area (TPSA) is 38.0 Å². The van der Waals surface area contributed by atoms with Gasteiger partial charge in [-0.1, -0.05) is 18.2 Å². The van der Waals surface area contributed by atoms with Crippen molar-refractivity contribution in [2.45, 2.75) is 6.92 Å². The molecule has 0 aliphatic heterocycles. The summed E-state index contributed by atoms with van der Waals surface area (Å²) in [6.45, 7) is 2.00. The Morgan fingerprint density at radius 3 is 2.69 bits per heavy atom. The van der Waals surface area contributed by atoms with Crippen LogP contribution in [0.25, 0.3) is 11.8 Å². The lowest BCUT2D eigenvalue weighted by molar-refractivity contribution is 0.332. The van der Waals surface area contributed by atoms with Gasteiger partial charge >= 0.3 is 0 Å². The van der Waals surface area contributed by atoms with Crippen LogP contribution >= 0.6 is 0 Å². The van der Waals surface area contributed by atoms with Crippen LogP contribution in [0.3, 0.4) is 0 Å². The highest BCUT2D eigenvalue weighted by Crippen LogP contribution is 2.11. The van der Waals surface area contributed by atoms with E-state index in [-0.39, 0.29) is 6.61 Å². The molecule has 0 fully saturated rings. The second kappa shape index (κ2) is 4.77. The summed E-state index contributed by atoms with van der Waals surface area (Å²) in [5, 5.41) is 13.1. The number of hydrogen-bond donors (Lipinski definition) is 1. The second-order valence-corrected chi connectivity index (χ2v) is 3.69. The standard InChI is InChI=1S/C13H14N2O/c1-11(10-16)9-12-3-5-13(6-4-12)15-8-2-7-14-15/h2-9,16H,10H2,1H3. The van der Waals surface area contributed by atoms with Gasteiger partial charge < -0.3 is 5.11 Å². The maximum atomic E-state index is 8.92. The largest absolute Gasteiger partial charge is 0.392 e. The summed E-state index contributed by atoms with van der Waals surface area (Å²) in [5.74, 6) is 0. The summed E-state index contributed by atoms with van der Waals surface area (Å²) in [7, 11) is 0. The van der Waals surface area contributed by atoms with E-state index >= 15 is 0 Å². The smallest absolute Gasteiger partial charge is 0.0645 e. The molecule has 0 saturated carbocycles. The Morgan fingerprint density at radius 1 is 1.38 bits per heavy atom. The molecule has 0 atom stereocenters. The minimum Gasteiger partial charge on any atom is -0.392 e. The molecule has 0 aliphatic rings. The van der Waals surface area contributed by atoms with Crippen LogP contribution in [-0.4, -0.2) is 21.5 Å². The predicted molar refractivity (Wildman–Crippen MR) is 64.3 cm³/mol. The van der Waals surface area contributed by atoms with Crippen LogP contribution in [0, 0.1) is 0 Å². The molecular formula is C13H14N2O. The SMILES string of the molecule is CC(=Cc1ccc(-n2cccn2)cc1)CO. The van der Waals surface area contributed by atoms with Crippen LogP contribution in [0.15, 0.2) is 48.3 Å². The highest BCUT2D eigenvalue weighted by molar-refractivity contribution is 5.54. The Labute approximate surface area is 94.7 Å². The van der Waals surface area contributed by atoms with E-state index in [9.17, 15) is 0 Å². The van der Waals surface area contributed by atoms with Crippen molar-refractivity contribution in [2.75, 3.05) is 6.61 Å². The minimum atomic E-state index is 0.0981. The third-order valence-corrected chi connectivity index (χ3v) is 2.32. The number of aromatic nitrogens is 2. The van der Waals surface area contributed by atoms with E-state index in [1.54, 1.807) is 6.20 Å². The second-order valence-electron chi connectivity index (χ2n) is 3.69. The van der Waals surface area contributed by atoms with Crippen molar-refractivity contribution in [1.29, 1.82) is 0 Å². The molecule has 2 aromatic rings. The molecule has 82 valence electrons. The molecule has 0 bridgehead atoms. The van der Waals surface area contributed by atoms with Crippen molar-refractivity contribution in [3.8, 4) is 5.69 Å². The number of hydrogen-bond acceptors (Lipinski definition) is 2. The molecule has 3 nitrogen and oxygen atoms in total. The zero-order valence-corrected chi connectivity index (χ0v) is 9.17. The summed E-state index contributed by atoms with van der Waals surface area (Å²) >= 11 is 0. The molecule has 0 unspecified atom stereocenters. The Balaban J connectivity index is 2.23. The third-order valence-electron chi connectivity index (χ3n) is 2.32. The van der Waals surface area contributed by atoms with E-state index in [2.05, 4.69) is 5.10 Å². The Hall–Kier alpha value is -1.87. The van der Waals surface area contributed by atoms with E-state index in [1.165, 1.54) is 0 Å². The van der Waals surface area contributed by atoms with Gasteiger partial charge in [-0.15, -0.1) is 0 Å². The van der Waals surface area contributed by atoms with Gasteiger partial charge in [-0.3, -0.25) is 0 Å². The quantitative estimate of drug-likeness (QED) is 0.851. The maximum Gasteiger partial charge on any atom is 0.0645 e. The van der Waals surface area contributed by atoms with Crippen LogP contribution in [0.4, 0.5) is 0 Å². The van der Waals surface area contributed by atoms with Gasteiger partial charge in [0.25, 0.3) is 0 Å². The zero-order valence-electron chi connectivity index (χ0n) is 9.17. The van der Waals surface area contributed by atoms with Gasteiger partial charge in [-0.05, 0) is 36.3 Å². The fraction of sp³-hybridized carbons (Fsp3) is 0.154. The highest BCUT2D eigenvalue weighted by atomic mass is 16.3. The Morgan fingerprint density at radius 2 is 2.12 bits per heavy atom. The summed E-state index contributed by atoms with van der Waals surface area (Å²) in [4.78, 5) is 0. The van der Waals surface area contributed by atoms with Gasteiger partial charge in [0.05, 0.1) is 12.3 Å². The molecule has 1 N–H and O–H groups in total. The van der Waals surface area contributed by atoms with Crippen LogP contribution < -0.4 is 0 Å². The first kappa shape index (κ1) is 10.6. The first-order chi connectivity index (χ1) is 7.79. The van der Waals surface area contributed by atoms with Crippen molar-refractivity contribution in [3.05, 3.63) is 53.9 Å². The molecule has 16 heavy (non-hydrogen) atoms. The Bertz CT molecular complexity index is 469. The fourth-order valence-corrected chi connectivity index (χ4v) is 1.47. The van der Waals surface area contributed by atoms with E-state index in [4.69, 9.17) is 5.11 Å². The number of aliphatic hydroxyl groups is 1. The average Bonchev–Trinajstić information content (AvgIpc) is 2.83. The lowest BCUT2D eigenvalue weighted by Crippen LogP contribution is -1.93. The summed E-state index contributed by atoms with van der Waals surface area (Å²) in [5.41, 5.74) is 3.07. The van der Waals surface area contributed by atoms with Gasteiger partial charge in [-0.2, -0.15) is 5.10 Å². The summed E-state index contributed by atoms with van der Waals surface area (Å²) in [6, 6.07) is 9.92. The van der Waals surface area contributed by atoms with Crippen molar-refractivity contribution in [2.24, 2.45) is 0 Å². The van der Waals surface area contributed by atoms with Gasteiger partial charge in [0.15, 0.2) is 0 Å². The third kappa shape index (κ3) is 2.38. The van der Waals surface area contributed by atoms with E-state index in [0.29, 0.717) is 0 Å². The number of nitrogens with zero attached hydrogens (tertiary/aromatic N) is 2. The summed E-state index contributed by atoms with van der Waals surface area (Å²) in [6.07, 6.45) is 5.63. The predicted octanol–water partition coefficient (Wildman–Crippen LogP) is 2.27. The van der Waals surface area contributed by atoms with Crippen molar-refractivity contribution < 1.29 is 5.11 Å². The molecule has 2 rings (SSSR count). The molecule has 0 amide bonds. The molecule has 0 aliphatic carbocycles. The molecule has 3 heteroatoms. The van der Waals surface area contributed by atoms with Crippen molar-refractivity contribution >= 4 is 6.08 Å². The van der Waals surface area contributed by atoms with Crippen LogP contribution in [0.1, 0.15) is 12.5 Å². The van der Waals surface area contributed by atoms with Crippen LogP contribution in [-0.2, 0) is 0 Å². The molecule has 0 spiro atoms. The monoisotopic (exact) mass is 214 g/mol. The van der Waals surface area contributed by atoms with E-state index < -0.39 is 0 Å². The average molecular weight is 214 g/mol. The van der Waals surface area contributed by atoms with Gasteiger partial charge in [0, 0.05) is 12.4 Å². The molecule has 0 radical (unpaired) electrons. The Kier molecular flexibility index (Phi) is 3.17. The van der Waals surface area contributed by atoms with Gasteiger partial charge in [0.1, 0.15) is 0 Å². The van der Waals surface area contributed by atoms with Gasteiger partial charge in [0.2, 0.25) is 0 Å². The molecule has 1 aromatic carbocycles. The molecule has 0 saturated heterocycles. The number of aliphatic hydroxyl groups excluding tert-OH is 1. The number of benzene rings is 1. The summed E-state index contributed by atoms with van der Waals surface area (Å²) < 4.78 is 1.81. The number of rotatable bonds is 3.